The first-order chi connectivity index (χ1) is 6.52. The molecule has 0 amide bonds. The summed E-state index contributed by atoms with van der Waals surface area (Å²) < 4.78 is 0. The fourth-order valence-corrected chi connectivity index (χ4v) is 2.19. The summed E-state index contributed by atoms with van der Waals surface area (Å²) >= 11 is 6.01. The van der Waals surface area contributed by atoms with Crippen molar-refractivity contribution in [1.29, 1.82) is 0 Å². The number of benzene rings is 1. The Morgan fingerprint density at radius 2 is 1.86 bits per heavy atom. The van der Waals surface area contributed by atoms with Gasteiger partial charge in [0.1, 0.15) is 0 Å². The van der Waals surface area contributed by atoms with Crippen molar-refractivity contribution in [3.05, 3.63) is 34.9 Å². The highest BCUT2D eigenvalue weighted by atomic mass is 35.5. The van der Waals surface area contributed by atoms with Gasteiger partial charge in [-0.25, -0.2) is 0 Å². The van der Waals surface area contributed by atoms with Gasteiger partial charge in [-0.3, -0.25) is 0 Å². The Hall–Kier alpha value is -0.490. The second-order valence-corrected chi connectivity index (χ2v) is 4.95. The predicted molar refractivity (Wildman–Crippen MR) is 64.3 cm³/mol. The van der Waals surface area contributed by atoms with Crippen molar-refractivity contribution in [1.82, 2.24) is 0 Å². The van der Waals surface area contributed by atoms with E-state index >= 15 is 0 Å². The van der Waals surface area contributed by atoms with Crippen molar-refractivity contribution in [2.75, 3.05) is 0 Å². The van der Waals surface area contributed by atoms with Gasteiger partial charge in [0.25, 0.3) is 0 Å². The van der Waals surface area contributed by atoms with Gasteiger partial charge >= 0.3 is 0 Å². The lowest BCUT2D eigenvalue weighted by Crippen LogP contribution is -2.03. The third kappa shape index (κ3) is 2.75. The smallest absolute Gasteiger partial charge is 0.0313 e. The van der Waals surface area contributed by atoms with Crippen LogP contribution in [0.2, 0.25) is 0 Å². The molecule has 0 aliphatic rings. The van der Waals surface area contributed by atoms with Crippen LogP contribution in [0.4, 0.5) is 0 Å². The minimum atomic E-state index is 0.255. The molecule has 0 saturated carbocycles. The van der Waals surface area contributed by atoms with E-state index in [9.17, 15) is 0 Å². The van der Waals surface area contributed by atoms with Crippen molar-refractivity contribution >= 4 is 11.6 Å². The molecular formula is C13H19Cl. The zero-order chi connectivity index (χ0) is 10.7. The molecule has 14 heavy (non-hydrogen) atoms. The Balaban J connectivity index is 2.89. The summed E-state index contributed by atoms with van der Waals surface area (Å²) in [6.07, 6.45) is 1.05. The molecule has 1 aromatic rings. The second-order valence-electron chi connectivity index (χ2n) is 4.21. The van der Waals surface area contributed by atoms with Gasteiger partial charge in [-0.05, 0) is 49.8 Å². The molecule has 0 aromatic heterocycles. The number of rotatable bonds is 3. The second kappa shape index (κ2) is 4.84. The highest BCUT2D eigenvalue weighted by Gasteiger charge is 2.11. The molecule has 0 N–H and O–H groups in total. The van der Waals surface area contributed by atoms with Crippen LogP contribution in [-0.2, 0) is 0 Å². The van der Waals surface area contributed by atoms with E-state index in [0.717, 1.165) is 6.42 Å². The third-order valence-corrected chi connectivity index (χ3v) is 3.03. The average molecular weight is 211 g/mol. The quantitative estimate of drug-likeness (QED) is 0.648. The highest BCUT2D eigenvalue weighted by Crippen LogP contribution is 2.26. The largest absolute Gasteiger partial charge is 0.123 e. The van der Waals surface area contributed by atoms with Crippen molar-refractivity contribution in [2.24, 2.45) is 0 Å². The first-order valence-electron chi connectivity index (χ1n) is 5.22. The van der Waals surface area contributed by atoms with Gasteiger partial charge in [-0.1, -0.05) is 25.1 Å². The van der Waals surface area contributed by atoms with Gasteiger partial charge in [0, 0.05) is 5.38 Å². The SMILES string of the molecule is Cc1cccc(C(C)CC(C)Cl)c1C. The molecule has 0 saturated heterocycles. The summed E-state index contributed by atoms with van der Waals surface area (Å²) in [5.41, 5.74) is 4.23. The minimum absolute atomic E-state index is 0.255. The summed E-state index contributed by atoms with van der Waals surface area (Å²) in [5, 5.41) is 0.255. The van der Waals surface area contributed by atoms with E-state index in [-0.39, 0.29) is 5.38 Å². The first-order valence-corrected chi connectivity index (χ1v) is 5.66. The zero-order valence-corrected chi connectivity index (χ0v) is 10.2. The molecule has 0 bridgehead atoms. The van der Waals surface area contributed by atoms with Gasteiger partial charge in [0.2, 0.25) is 0 Å². The molecular weight excluding hydrogens is 192 g/mol. The molecule has 0 aliphatic carbocycles. The summed E-state index contributed by atoms with van der Waals surface area (Å²) in [4.78, 5) is 0. The summed E-state index contributed by atoms with van der Waals surface area (Å²) in [7, 11) is 0. The normalized spacial score (nSPS) is 15.2. The Morgan fingerprint density at radius 1 is 1.21 bits per heavy atom. The van der Waals surface area contributed by atoms with Crippen LogP contribution in [0.25, 0.3) is 0 Å². The third-order valence-electron chi connectivity index (χ3n) is 2.86. The van der Waals surface area contributed by atoms with E-state index in [1.165, 1.54) is 16.7 Å². The fourth-order valence-electron chi connectivity index (χ4n) is 1.92. The van der Waals surface area contributed by atoms with E-state index in [2.05, 4.69) is 45.9 Å². The topological polar surface area (TPSA) is 0 Å². The highest BCUT2D eigenvalue weighted by molar-refractivity contribution is 6.20. The number of hydrogen-bond donors (Lipinski definition) is 0. The van der Waals surface area contributed by atoms with E-state index < -0.39 is 0 Å². The van der Waals surface area contributed by atoms with Gasteiger partial charge in [0.05, 0.1) is 0 Å². The van der Waals surface area contributed by atoms with Gasteiger partial charge in [-0.15, -0.1) is 11.6 Å². The molecule has 0 heterocycles. The van der Waals surface area contributed by atoms with E-state index in [1.807, 2.05) is 0 Å². The zero-order valence-electron chi connectivity index (χ0n) is 9.47. The molecule has 0 spiro atoms. The first kappa shape index (κ1) is 11.6. The van der Waals surface area contributed by atoms with E-state index in [0.29, 0.717) is 5.92 Å². The Kier molecular flexibility index (Phi) is 4.00. The number of alkyl halides is 1. The Morgan fingerprint density at radius 3 is 2.43 bits per heavy atom. The molecule has 0 aliphatic heterocycles. The van der Waals surface area contributed by atoms with E-state index in [4.69, 9.17) is 11.6 Å². The standard InChI is InChI=1S/C13H19Cl/c1-9-6-5-7-13(12(9)4)10(2)8-11(3)14/h5-7,10-11H,8H2,1-4H3. The molecule has 1 aromatic carbocycles. The fraction of sp³-hybridized carbons (Fsp3) is 0.538. The lowest BCUT2D eigenvalue weighted by molar-refractivity contribution is 0.666. The van der Waals surface area contributed by atoms with Crippen LogP contribution < -0.4 is 0 Å². The average Bonchev–Trinajstić information content (AvgIpc) is 2.08. The number of halogens is 1. The van der Waals surface area contributed by atoms with Crippen LogP contribution in [0.3, 0.4) is 0 Å². The molecule has 0 radical (unpaired) electrons. The molecule has 1 heteroatoms. The molecule has 2 atom stereocenters. The summed E-state index contributed by atoms with van der Waals surface area (Å²) in [6.45, 7) is 8.67. The lowest BCUT2D eigenvalue weighted by Gasteiger charge is -2.17. The summed E-state index contributed by atoms with van der Waals surface area (Å²) in [6, 6.07) is 6.51. The van der Waals surface area contributed by atoms with Crippen molar-refractivity contribution in [3.8, 4) is 0 Å². The summed E-state index contributed by atoms with van der Waals surface area (Å²) in [5.74, 6) is 0.558. The van der Waals surface area contributed by atoms with Gasteiger partial charge in [-0.2, -0.15) is 0 Å². The van der Waals surface area contributed by atoms with Crippen molar-refractivity contribution < 1.29 is 0 Å². The van der Waals surface area contributed by atoms with Gasteiger partial charge < -0.3 is 0 Å². The Bertz CT molecular complexity index is 302. The lowest BCUT2D eigenvalue weighted by atomic mass is 9.90. The molecule has 2 unspecified atom stereocenters. The van der Waals surface area contributed by atoms with Crippen molar-refractivity contribution in [2.45, 2.75) is 45.4 Å². The van der Waals surface area contributed by atoms with Crippen LogP contribution in [-0.4, -0.2) is 5.38 Å². The maximum Gasteiger partial charge on any atom is 0.0313 e. The minimum Gasteiger partial charge on any atom is -0.123 e. The van der Waals surface area contributed by atoms with Crippen LogP contribution in [0.15, 0.2) is 18.2 Å². The maximum absolute atomic E-state index is 6.01. The Labute approximate surface area is 92.3 Å². The predicted octanol–water partition coefficient (Wildman–Crippen LogP) is 4.42. The molecule has 1 rings (SSSR count). The number of aryl methyl sites for hydroxylation is 1. The van der Waals surface area contributed by atoms with Gasteiger partial charge in [0.15, 0.2) is 0 Å². The molecule has 0 nitrogen and oxygen atoms in total. The molecule has 78 valence electrons. The van der Waals surface area contributed by atoms with Crippen LogP contribution >= 0.6 is 11.6 Å². The number of hydrogen-bond acceptors (Lipinski definition) is 0. The molecule has 0 fully saturated rings. The van der Waals surface area contributed by atoms with Crippen molar-refractivity contribution in [3.63, 3.8) is 0 Å². The monoisotopic (exact) mass is 210 g/mol. The van der Waals surface area contributed by atoms with Crippen LogP contribution in [0, 0.1) is 13.8 Å². The van der Waals surface area contributed by atoms with Crippen LogP contribution in [0.5, 0.6) is 0 Å². The van der Waals surface area contributed by atoms with E-state index in [1.54, 1.807) is 0 Å². The van der Waals surface area contributed by atoms with Crippen LogP contribution in [0.1, 0.15) is 42.9 Å². The maximum atomic E-state index is 6.01.